The predicted molar refractivity (Wildman–Crippen MR) is 78.8 cm³/mol. The van der Waals surface area contributed by atoms with Crippen molar-refractivity contribution >= 4 is 5.91 Å². The maximum atomic E-state index is 13.0. The minimum Gasteiger partial charge on any atom is -0.352 e. The highest BCUT2D eigenvalue weighted by molar-refractivity contribution is 5.76. The van der Waals surface area contributed by atoms with Crippen molar-refractivity contribution in [1.29, 1.82) is 0 Å². The van der Waals surface area contributed by atoms with E-state index in [0.717, 1.165) is 44.2 Å². The van der Waals surface area contributed by atoms with Gasteiger partial charge >= 0.3 is 0 Å². The predicted octanol–water partition coefficient (Wildman–Crippen LogP) is 3.15. The van der Waals surface area contributed by atoms with Gasteiger partial charge in [-0.25, -0.2) is 8.78 Å². The second-order valence-corrected chi connectivity index (χ2v) is 6.38. The van der Waals surface area contributed by atoms with Crippen molar-refractivity contribution in [3.8, 4) is 0 Å². The molecule has 3 rings (SSSR count). The minimum atomic E-state index is -2.56. The second-order valence-electron chi connectivity index (χ2n) is 6.38. The molecule has 0 aromatic carbocycles. The standard InChI is InChI=1S/C16H23F2N3O/c17-16(18)15-12-8-5-9-13(12)21(20-15)10-14(22)19-11-6-3-1-2-4-7-11/h11,16H,1-10H2,(H,19,22). The lowest BCUT2D eigenvalue weighted by Crippen LogP contribution is -2.37. The molecule has 1 aromatic heterocycles. The van der Waals surface area contributed by atoms with Gasteiger partial charge in [-0.2, -0.15) is 5.10 Å². The third-order valence-corrected chi connectivity index (χ3v) is 4.76. The molecule has 0 aliphatic heterocycles. The van der Waals surface area contributed by atoms with Crippen LogP contribution in [0.2, 0.25) is 0 Å². The zero-order valence-electron chi connectivity index (χ0n) is 12.8. The van der Waals surface area contributed by atoms with Crippen LogP contribution in [-0.2, 0) is 24.2 Å². The zero-order chi connectivity index (χ0) is 15.5. The highest BCUT2D eigenvalue weighted by Crippen LogP contribution is 2.31. The smallest absolute Gasteiger partial charge is 0.282 e. The molecule has 22 heavy (non-hydrogen) atoms. The number of amides is 1. The van der Waals surface area contributed by atoms with Gasteiger partial charge in [-0.1, -0.05) is 25.7 Å². The van der Waals surface area contributed by atoms with Gasteiger partial charge in [0.1, 0.15) is 12.2 Å². The van der Waals surface area contributed by atoms with Crippen LogP contribution in [0, 0.1) is 0 Å². The molecule has 1 heterocycles. The first-order valence-electron chi connectivity index (χ1n) is 8.31. The van der Waals surface area contributed by atoms with E-state index >= 15 is 0 Å². The van der Waals surface area contributed by atoms with Crippen LogP contribution >= 0.6 is 0 Å². The van der Waals surface area contributed by atoms with E-state index in [4.69, 9.17) is 0 Å². The number of halogens is 2. The molecule has 1 N–H and O–H groups in total. The Kier molecular flexibility index (Phi) is 4.74. The Bertz CT molecular complexity index is 534. The van der Waals surface area contributed by atoms with Crippen molar-refractivity contribution in [3.05, 3.63) is 17.0 Å². The van der Waals surface area contributed by atoms with Crippen LogP contribution in [0.3, 0.4) is 0 Å². The lowest BCUT2D eigenvalue weighted by molar-refractivity contribution is -0.122. The molecular weight excluding hydrogens is 288 g/mol. The number of nitrogens with zero attached hydrogens (tertiary/aromatic N) is 2. The van der Waals surface area contributed by atoms with Crippen LogP contribution in [0.25, 0.3) is 0 Å². The van der Waals surface area contributed by atoms with Gasteiger partial charge in [0.2, 0.25) is 5.91 Å². The first-order valence-corrected chi connectivity index (χ1v) is 8.31. The Morgan fingerprint density at radius 1 is 1.18 bits per heavy atom. The Morgan fingerprint density at radius 3 is 2.59 bits per heavy atom. The lowest BCUT2D eigenvalue weighted by atomic mass is 10.1. The van der Waals surface area contributed by atoms with Crippen molar-refractivity contribution in [3.63, 3.8) is 0 Å². The molecular formula is C16H23F2N3O. The summed E-state index contributed by atoms with van der Waals surface area (Å²) in [6.45, 7) is 0.0611. The summed E-state index contributed by atoms with van der Waals surface area (Å²) in [5.41, 5.74) is 1.36. The van der Waals surface area contributed by atoms with Crippen LogP contribution in [0.5, 0.6) is 0 Å². The lowest BCUT2D eigenvalue weighted by Gasteiger charge is -2.16. The van der Waals surface area contributed by atoms with Crippen molar-refractivity contribution in [1.82, 2.24) is 15.1 Å². The van der Waals surface area contributed by atoms with E-state index in [0.29, 0.717) is 12.0 Å². The van der Waals surface area contributed by atoms with E-state index in [1.165, 1.54) is 17.5 Å². The molecule has 1 aromatic rings. The molecule has 122 valence electrons. The fourth-order valence-corrected chi connectivity index (χ4v) is 3.68. The average molecular weight is 311 g/mol. The number of hydrogen-bond acceptors (Lipinski definition) is 2. The number of nitrogens with one attached hydrogen (secondary N) is 1. The van der Waals surface area contributed by atoms with Gasteiger partial charge in [0.05, 0.1) is 0 Å². The van der Waals surface area contributed by atoms with E-state index in [-0.39, 0.29) is 24.2 Å². The zero-order valence-corrected chi connectivity index (χ0v) is 12.8. The average Bonchev–Trinajstić information content (AvgIpc) is 2.97. The van der Waals surface area contributed by atoms with E-state index in [9.17, 15) is 13.6 Å². The first-order chi connectivity index (χ1) is 10.6. The van der Waals surface area contributed by atoms with Gasteiger partial charge in [0, 0.05) is 17.3 Å². The molecule has 1 saturated carbocycles. The largest absolute Gasteiger partial charge is 0.352 e. The first kappa shape index (κ1) is 15.4. The monoisotopic (exact) mass is 311 g/mol. The molecule has 4 nitrogen and oxygen atoms in total. The van der Waals surface area contributed by atoms with Crippen LogP contribution in [-0.4, -0.2) is 21.7 Å². The topological polar surface area (TPSA) is 46.9 Å². The summed E-state index contributed by atoms with van der Waals surface area (Å²) in [7, 11) is 0. The second kappa shape index (κ2) is 6.75. The molecule has 0 unspecified atom stereocenters. The van der Waals surface area contributed by atoms with E-state index < -0.39 is 6.43 Å². The van der Waals surface area contributed by atoms with Gasteiger partial charge in [-0.3, -0.25) is 9.48 Å². The fraction of sp³-hybridized carbons (Fsp3) is 0.750. The number of aromatic nitrogens is 2. The molecule has 2 aliphatic rings. The molecule has 1 amide bonds. The number of alkyl halides is 2. The van der Waals surface area contributed by atoms with Crippen molar-refractivity contribution in [2.45, 2.75) is 76.8 Å². The third-order valence-electron chi connectivity index (χ3n) is 4.76. The van der Waals surface area contributed by atoms with Crippen molar-refractivity contribution < 1.29 is 13.6 Å². The molecule has 2 aliphatic carbocycles. The number of carbonyl (C=O) groups excluding carboxylic acids is 1. The summed E-state index contributed by atoms with van der Waals surface area (Å²) < 4.78 is 27.5. The number of hydrogen-bond donors (Lipinski definition) is 1. The molecule has 0 bridgehead atoms. The number of carbonyl (C=O) groups is 1. The Hall–Kier alpha value is -1.46. The van der Waals surface area contributed by atoms with Gasteiger partial charge in [-0.05, 0) is 32.1 Å². The van der Waals surface area contributed by atoms with Crippen LogP contribution in [0.15, 0.2) is 0 Å². The van der Waals surface area contributed by atoms with Crippen molar-refractivity contribution in [2.24, 2.45) is 0 Å². The Balaban J connectivity index is 1.65. The molecule has 0 saturated heterocycles. The summed E-state index contributed by atoms with van der Waals surface area (Å²) in [6, 6.07) is 0.230. The van der Waals surface area contributed by atoms with Gasteiger partial charge in [-0.15, -0.1) is 0 Å². The van der Waals surface area contributed by atoms with Gasteiger partial charge in [0.25, 0.3) is 6.43 Å². The highest BCUT2D eigenvalue weighted by Gasteiger charge is 2.28. The summed E-state index contributed by atoms with van der Waals surface area (Å²) >= 11 is 0. The summed E-state index contributed by atoms with van der Waals surface area (Å²) in [6.07, 6.45) is 6.51. The van der Waals surface area contributed by atoms with E-state index in [2.05, 4.69) is 10.4 Å². The molecule has 0 spiro atoms. The molecule has 1 fully saturated rings. The molecule has 0 radical (unpaired) electrons. The highest BCUT2D eigenvalue weighted by atomic mass is 19.3. The molecule has 0 atom stereocenters. The van der Waals surface area contributed by atoms with Gasteiger partial charge < -0.3 is 5.32 Å². The Labute approximate surface area is 129 Å². The van der Waals surface area contributed by atoms with E-state index in [1.54, 1.807) is 0 Å². The third kappa shape index (κ3) is 3.31. The van der Waals surface area contributed by atoms with Crippen LogP contribution < -0.4 is 5.32 Å². The molecule has 6 heteroatoms. The summed E-state index contributed by atoms with van der Waals surface area (Å²) in [5, 5.41) is 7.04. The quantitative estimate of drug-likeness (QED) is 0.868. The maximum absolute atomic E-state index is 13.0. The van der Waals surface area contributed by atoms with Crippen molar-refractivity contribution in [2.75, 3.05) is 0 Å². The normalized spacial score (nSPS) is 19.2. The Morgan fingerprint density at radius 2 is 1.91 bits per heavy atom. The van der Waals surface area contributed by atoms with Crippen LogP contribution in [0.4, 0.5) is 8.78 Å². The van der Waals surface area contributed by atoms with E-state index in [1.807, 2.05) is 0 Å². The fourth-order valence-electron chi connectivity index (χ4n) is 3.68. The minimum absolute atomic E-state index is 0.0611. The summed E-state index contributed by atoms with van der Waals surface area (Å²) in [5.74, 6) is -0.107. The SMILES string of the molecule is O=C(Cn1nc(C(F)F)c2c1CCC2)NC1CCCCCC1. The number of rotatable bonds is 4. The maximum Gasteiger partial charge on any atom is 0.282 e. The summed E-state index contributed by atoms with van der Waals surface area (Å²) in [4.78, 5) is 12.2. The van der Waals surface area contributed by atoms with Crippen LogP contribution in [0.1, 0.15) is 68.3 Å². The number of fused-ring (bicyclic) bond motifs is 1. The van der Waals surface area contributed by atoms with Gasteiger partial charge in [0.15, 0.2) is 0 Å².